The van der Waals surface area contributed by atoms with E-state index in [9.17, 15) is 4.79 Å². The third-order valence-electron chi connectivity index (χ3n) is 6.47. The molecule has 0 saturated carbocycles. The second kappa shape index (κ2) is 8.98. The summed E-state index contributed by atoms with van der Waals surface area (Å²) in [5, 5.41) is 8.25. The van der Waals surface area contributed by atoms with Gasteiger partial charge in [-0.3, -0.25) is 4.79 Å². The fourth-order valence-electron chi connectivity index (χ4n) is 4.40. The first-order valence-corrected chi connectivity index (χ1v) is 15.5. The van der Waals surface area contributed by atoms with Crippen LogP contribution in [-0.2, 0) is 35.8 Å². The van der Waals surface area contributed by atoms with Gasteiger partial charge in [0.2, 0.25) is 5.91 Å². The van der Waals surface area contributed by atoms with Crippen molar-refractivity contribution in [3.63, 3.8) is 0 Å². The van der Waals surface area contributed by atoms with E-state index in [0.717, 1.165) is 66.9 Å². The van der Waals surface area contributed by atoms with Crippen LogP contribution in [0.1, 0.15) is 50.1 Å². The first kappa shape index (κ1) is 23.0. The Hall–Kier alpha value is -2.19. The Balaban J connectivity index is 1.62. The third kappa shape index (κ3) is 5.23. The Kier molecular flexibility index (Phi) is 6.45. The number of amides is 1. The highest BCUT2D eigenvalue weighted by Gasteiger charge is 2.37. The van der Waals surface area contributed by atoms with Crippen LogP contribution < -0.4 is 5.32 Å². The molecule has 0 saturated heterocycles. The number of carbonyl (C=O) groups is 1. The molecule has 2 aromatic heterocycles. The molecule has 0 aliphatic carbocycles. The summed E-state index contributed by atoms with van der Waals surface area (Å²) in [7, 11) is -1.14. The molecule has 7 nitrogen and oxygen atoms in total. The van der Waals surface area contributed by atoms with E-state index < -0.39 is 8.07 Å². The lowest BCUT2D eigenvalue weighted by atomic mass is 9.85. The average Bonchev–Trinajstić information content (AvgIpc) is 3.28. The molecule has 2 aromatic rings. The van der Waals surface area contributed by atoms with Crippen LogP contribution in [0.2, 0.25) is 25.7 Å². The third-order valence-corrected chi connectivity index (χ3v) is 8.17. The van der Waals surface area contributed by atoms with E-state index in [-0.39, 0.29) is 11.3 Å². The SMILES string of the molecule is CC1(C)CCCCc2cccc(n2)Nc2nn(COCC[Si](C)(C)C)c3c2CN(C3)C1=O. The lowest BCUT2D eigenvalue weighted by Crippen LogP contribution is -2.38. The van der Waals surface area contributed by atoms with Crippen molar-refractivity contribution in [3.05, 3.63) is 35.2 Å². The summed E-state index contributed by atoms with van der Waals surface area (Å²) in [5.74, 6) is 1.81. The van der Waals surface area contributed by atoms with E-state index in [1.54, 1.807) is 0 Å². The van der Waals surface area contributed by atoms with Gasteiger partial charge in [0.25, 0.3) is 0 Å². The number of pyridine rings is 1. The van der Waals surface area contributed by atoms with Gasteiger partial charge in [-0.25, -0.2) is 9.67 Å². The number of hydrogen-bond donors (Lipinski definition) is 1. The predicted molar refractivity (Wildman–Crippen MR) is 129 cm³/mol. The van der Waals surface area contributed by atoms with Crippen molar-refractivity contribution in [1.29, 1.82) is 0 Å². The maximum absolute atomic E-state index is 13.4. The Bertz CT molecular complexity index is 979. The molecule has 174 valence electrons. The van der Waals surface area contributed by atoms with E-state index >= 15 is 0 Å². The fourth-order valence-corrected chi connectivity index (χ4v) is 5.16. The minimum atomic E-state index is -1.14. The molecule has 0 fully saturated rings. The zero-order chi connectivity index (χ0) is 22.9. The first-order valence-electron chi connectivity index (χ1n) is 11.8. The van der Waals surface area contributed by atoms with Crippen molar-refractivity contribution < 1.29 is 9.53 Å². The number of fused-ring (bicyclic) bond motifs is 3. The van der Waals surface area contributed by atoms with Gasteiger partial charge in [0, 0.05) is 31.4 Å². The van der Waals surface area contributed by atoms with Crippen molar-refractivity contribution in [2.75, 3.05) is 11.9 Å². The Morgan fingerprint density at radius 2 is 2.00 bits per heavy atom. The summed E-state index contributed by atoms with van der Waals surface area (Å²) in [6, 6.07) is 7.22. The molecule has 0 unspecified atom stereocenters. The lowest BCUT2D eigenvalue weighted by molar-refractivity contribution is -0.141. The van der Waals surface area contributed by atoms with E-state index in [2.05, 4.69) is 44.9 Å². The molecule has 1 N–H and O–H groups in total. The molecule has 32 heavy (non-hydrogen) atoms. The van der Waals surface area contributed by atoms with Gasteiger partial charge >= 0.3 is 0 Å². The first-order chi connectivity index (χ1) is 15.1. The second-order valence-corrected chi connectivity index (χ2v) is 16.6. The summed E-state index contributed by atoms with van der Waals surface area (Å²) in [4.78, 5) is 20.2. The molecule has 1 amide bonds. The largest absolute Gasteiger partial charge is 0.360 e. The number of hydrogen-bond acceptors (Lipinski definition) is 5. The number of nitrogens with zero attached hydrogens (tertiary/aromatic N) is 4. The minimum Gasteiger partial charge on any atom is -0.360 e. The standard InChI is InChI=1S/C24H37N5O2Si/c1-24(2)12-7-6-9-18-10-8-11-21(25-18)26-22-19-15-28(23(24)30)16-20(19)29(27-22)17-31-13-14-32(3,4)5/h8,10-11H,6-7,9,12-17H2,1-5H3,(H,25,26,27). The van der Waals surface area contributed by atoms with Crippen molar-refractivity contribution in [3.8, 4) is 0 Å². The highest BCUT2D eigenvalue weighted by molar-refractivity contribution is 6.76. The van der Waals surface area contributed by atoms with Gasteiger partial charge in [-0.2, -0.15) is 5.10 Å². The van der Waals surface area contributed by atoms with Crippen LogP contribution in [0.4, 0.5) is 11.6 Å². The molecule has 2 aliphatic heterocycles. The summed E-state index contributed by atoms with van der Waals surface area (Å²) in [6.45, 7) is 13.5. The molecule has 4 rings (SSSR count). The number of nitrogens with one attached hydrogen (secondary N) is 1. The van der Waals surface area contributed by atoms with Crippen molar-refractivity contribution in [2.45, 2.75) is 85.0 Å². The topological polar surface area (TPSA) is 72.3 Å². The Morgan fingerprint density at radius 1 is 1.19 bits per heavy atom. The zero-order valence-corrected chi connectivity index (χ0v) is 21.2. The molecular formula is C24H37N5O2Si. The van der Waals surface area contributed by atoms with Gasteiger partial charge in [-0.05, 0) is 37.4 Å². The normalized spacial score (nSPS) is 18.4. The van der Waals surface area contributed by atoms with E-state index in [1.165, 1.54) is 0 Å². The molecule has 8 heteroatoms. The van der Waals surface area contributed by atoms with Crippen LogP contribution in [0.25, 0.3) is 0 Å². The van der Waals surface area contributed by atoms with Crippen LogP contribution in [0.5, 0.6) is 0 Å². The highest BCUT2D eigenvalue weighted by Crippen LogP contribution is 2.35. The van der Waals surface area contributed by atoms with E-state index in [4.69, 9.17) is 14.8 Å². The van der Waals surface area contributed by atoms with Crippen LogP contribution in [-0.4, -0.2) is 40.3 Å². The minimum absolute atomic E-state index is 0.222. The summed E-state index contributed by atoms with van der Waals surface area (Å²) in [5.41, 5.74) is 2.84. The molecule has 0 aromatic carbocycles. The smallest absolute Gasteiger partial charge is 0.228 e. The second-order valence-electron chi connectivity index (χ2n) is 11.0. The Labute approximate surface area is 192 Å². The maximum Gasteiger partial charge on any atom is 0.228 e. The summed E-state index contributed by atoms with van der Waals surface area (Å²) in [6.07, 6.45) is 3.85. The summed E-state index contributed by atoms with van der Waals surface area (Å²) < 4.78 is 7.93. The number of aromatic nitrogens is 3. The molecular weight excluding hydrogens is 418 g/mol. The number of anilines is 2. The molecule has 4 heterocycles. The van der Waals surface area contributed by atoms with Gasteiger partial charge in [0.15, 0.2) is 5.82 Å². The van der Waals surface area contributed by atoms with Crippen LogP contribution in [0.3, 0.4) is 0 Å². The van der Waals surface area contributed by atoms with Crippen molar-refractivity contribution in [1.82, 2.24) is 19.7 Å². The van der Waals surface area contributed by atoms with Gasteiger partial charge in [-0.1, -0.05) is 46.0 Å². The number of rotatable bonds is 5. The molecule has 4 bridgehead atoms. The van der Waals surface area contributed by atoms with E-state index in [1.807, 2.05) is 21.7 Å². The van der Waals surface area contributed by atoms with Gasteiger partial charge in [0.1, 0.15) is 12.5 Å². The van der Waals surface area contributed by atoms with Gasteiger partial charge in [0.05, 0.1) is 18.8 Å². The van der Waals surface area contributed by atoms with Crippen molar-refractivity contribution in [2.24, 2.45) is 5.41 Å². The molecule has 0 atom stereocenters. The van der Waals surface area contributed by atoms with Crippen LogP contribution in [0, 0.1) is 5.41 Å². The van der Waals surface area contributed by atoms with Crippen molar-refractivity contribution >= 4 is 25.6 Å². The quantitative estimate of drug-likeness (QED) is 0.511. The van der Waals surface area contributed by atoms with Crippen LogP contribution in [0.15, 0.2) is 18.2 Å². The molecule has 0 spiro atoms. The lowest BCUT2D eigenvalue weighted by Gasteiger charge is -2.29. The molecule has 2 aliphatic rings. The molecule has 0 radical (unpaired) electrons. The van der Waals surface area contributed by atoms with Gasteiger partial charge in [-0.15, -0.1) is 0 Å². The maximum atomic E-state index is 13.4. The number of aryl methyl sites for hydroxylation is 1. The van der Waals surface area contributed by atoms with Crippen LogP contribution >= 0.6 is 0 Å². The number of carbonyl (C=O) groups excluding carboxylic acids is 1. The highest BCUT2D eigenvalue weighted by atomic mass is 28.3. The number of ether oxygens (including phenoxy) is 1. The predicted octanol–water partition coefficient (Wildman–Crippen LogP) is 4.93. The Morgan fingerprint density at radius 3 is 2.78 bits per heavy atom. The zero-order valence-electron chi connectivity index (χ0n) is 20.2. The van der Waals surface area contributed by atoms with E-state index in [0.29, 0.717) is 19.8 Å². The monoisotopic (exact) mass is 455 g/mol. The van der Waals surface area contributed by atoms with Gasteiger partial charge < -0.3 is 15.0 Å². The summed E-state index contributed by atoms with van der Waals surface area (Å²) >= 11 is 0. The fraction of sp³-hybridized carbons (Fsp3) is 0.625. The average molecular weight is 456 g/mol.